The molecule has 11 heavy (non-hydrogen) atoms. The van der Waals surface area contributed by atoms with E-state index in [1.807, 2.05) is 0 Å². The van der Waals surface area contributed by atoms with Crippen molar-refractivity contribution in [2.75, 3.05) is 0 Å². The van der Waals surface area contributed by atoms with Gasteiger partial charge in [-0.15, -0.1) is 0 Å². The van der Waals surface area contributed by atoms with E-state index in [1.165, 1.54) is 0 Å². The SMILES string of the molecule is N=[N+]=CC(=O)C12CC(F)(C1)C2. The summed E-state index contributed by atoms with van der Waals surface area (Å²) in [5.74, 6) is -0.174. The first-order valence-electron chi connectivity index (χ1n) is 3.53. The third kappa shape index (κ3) is 0.648. The topological polar surface area (TPSA) is 55.0 Å². The number of ketones is 1. The van der Waals surface area contributed by atoms with Gasteiger partial charge in [-0.2, -0.15) is 0 Å². The molecule has 0 saturated heterocycles. The summed E-state index contributed by atoms with van der Waals surface area (Å²) in [4.78, 5) is 14.0. The average molecular weight is 155 g/mol. The van der Waals surface area contributed by atoms with Crippen LogP contribution in [0.3, 0.4) is 0 Å². The van der Waals surface area contributed by atoms with E-state index in [-0.39, 0.29) is 5.78 Å². The Kier molecular flexibility index (Phi) is 0.963. The highest BCUT2D eigenvalue weighted by Gasteiger charge is 2.73. The van der Waals surface area contributed by atoms with Crippen molar-refractivity contribution in [2.45, 2.75) is 24.9 Å². The summed E-state index contributed by atoms with van der Waals surface area (Å²) in [6.07, 6.45) is 2.04. The molecule has 58 valence electrons. The molecule has 0 amide bonds. The van der Waals surface area contributed by atoms with Crippen LogP contribution in [-0.2, 0) is 4.79 Å². The lowest BCUT2D eigenvalue weighted by Crippen LogP contribution is -2.68. The van der Waals surface area contributed by atoms with Gasteiger partial charge < -0.3 is 0 Å². The van der Waals surface area contributed by atoms with E-state index in [4.69, 9.17) is 5.53 Å². The summed E-state index contributed by atoms with van der Waals surface area (Å²) in [5, 5.41) is 0. The summed E-state index contributed by atoms with van der Waals surface area (Å²) in [6, 6.07) is 0. The van der Waals surface area contributed by atoms with E-state index in [0.717, 1.165) is 6.21 Å². The number of hydrogen-bond acceptors (Lipinski definition) is 2. The van der Waals surface area contributed by atoms with Crippen molar-refractivity contribution >= 4 is 12.0 Å². The zero-order chi connectivity index (χ0) is 8.11. The number of hydrogen-bond donors (Lipinski definition) is 1. The van der Waals surface area contributed by atoms with Gasteiger partial charge >= 0.3 is 6.21 Å². The number of nitrogens with zero attached hydrogens (tertiary/aromatic N) is 1. The van der Waals surface area contributed by atoms with Crippen LogP contribution in [0.15, 0.2) is 0 Å². The Morgan fingerprint density at radius 3 is 2.45 bits per heavy atom. The van der Waals surface area contributed by atoms with Crippen LogP contribution in [0.5, 0.6) is 0 Å². The van der Waals surface area contributed by atoms with Crippen molar-refractivity contribution in [3.8, 4) is 0 Å². The van der Waals surface area contributed by atoms with Gasteiger partial charge in [0.05, 0.1) is 10.3 Å². The monoisotopic (exact) mass is 155 g/mol. The largest absolute Gasteiger partial charge is 0.373 e. The minimum absolute atomic E-state index is 0.174. The number of nitrogens with one attached hydrogen (secondary N) is 1. The van der Waals surface area contributed by atoms with Gasteiger partial charge in [0.1, 0.15) is 5.67 Å². The molecule has 3 fully saturated rings. The Morgan fingerprint density at radius 1 is 1.55 bits per heavy atom. The third-order valence-electron chi connectivity index (χ3n) is 2.67. The highest BCUT2D eigenvalue weighted by Crippen LogP contribution is 2.69. The van der Waals surface area contributed by atoms with Crippen LogP contribution in [-0.4, -0.2) is 22.5 Å². The van der Waals surface area contributed by atoms with Gasteiger partial charge in [-0.25, -0.2) is 4.39 Å². The minimum Gasteiger partial charge on any atom is -0.286 e. The molecule has 0 atom stereocenters. The molecular weight excluding hydrogens is 147 g/mol. The molecule has 0 unspecified atom stereocenters. The molecular formula is C7H8FN2O+. The van der Waals surface area contributed by atoms with Crippen molar-refractivity contribution in [1.29, 1.82) is 5.53 Å². The maximum atomic E-state index is 12.9. The summed E-state index contributed by atoms with van der Waals surface area (Å²) < 4.78 is 12.9. The molecule has 0 spiro atoms. The highest BCUT2D eigenvalue weighted by molar-refractivity contribution is 6.28. The van der Waals surface area contributed by atoms with Crippen LogP contribution >= 0.6 is 0 Å². The molecule has 4 heteroatoms. The first kappa shape index (κ1) is 6.68. The quantitative estimate of drug-likeness (QED) is 0.357. The van der Waals surface area contributed by atoms with E-state index in [9.17, 15) is 9.18 Å². The standard InChI is InChI=1S/C7H8FN2O/c8-7-2-6(3-7,4-7)5(11)1-10-9/h1,9H,2-4H2/q+1. The van der Waals surface area contributed by atoms with Crippen molar-refractivity contribution in [1.82, 2.24) is 0 Å². The first-order chi connectivity index (χ1) is 5.10. The van der Waals surface area contributed by atoms with E-state index >= 15 is 0 Å². The lowest BCUT2D eigenvalue weighted by molar-refractivity contribution is -0.209. The Bertz CT molecular complexity index is 260. The van der Waals surface area contributed by atoms with Crippen LogP contribution in [0.4, 0.5) is 4.39 Å². The van der Waals surface area contributed by atoms with Crippen molar-refractivity contribution in [3.63, 3.8) is 0 Å². The van der Waals surface area contributed by atoms with Gasteiger partial charge in [0.2, 0.25) is 5.78 Å². The van der Waals surface area contributed by atoms with Crippen LogP contribution in [0, 0.1) is 10.9 Å². The number of carbonyl (C=O) groups is 1. The van der Waals surface area contributed by atoms with E-state index in [0.29, 0.717) is 19.3 Å². The molecule has 3 saturated carbocycles. The average Bonchev–Trinajstić information content (AvgIpc) is 1.79. The number of Topliss-reactive ketones (excluding diaryl/α,β-unsaturated/α-hetero) is 1. The molecule has 0 aromatic carbocycles. The van der Waals surface area contributed by atoms with Gasteiger partial charge in [-0.3, -0.25) is 4.79 Å². The molecule has 0 aliphatic heterocycles. The highest BCUT2D eigenvalue weighted by atomic mass is 19.1. The predicted molar refractivity (Wildman–Crippen MR) is 34.2 cm³/mol. The van der Waals surface area contributed by atoms with Gasteiger partial charge in [0, 0.05) is 5.41 Å². The second-order valence-corrected chi connectivity index (χ2v) is 3.58. The fourth-order valence-electron chi connectivity index (χ4n) is 2.12. The maximum absolute atomic E-state index is 12.9. The number of rotatable bonds is 2. The van der Waals surface area contributed by atoms with E-state index < -0.39 is 11.1 Å². The number of alkyl halides is 1. The summed E-state index contributed by atoms with van der Waals surface area (Å²) >= 11 is 0. The van der Waals surface area contributed by atoms with Crippen LogP contribution < -0.4 is 0 Å². The summed E-state index contributed by atoms with van der Waals surface area (Å²) in [6.45, 7) is 0. The van der Waals surface area contributed by atoms with Crippen LogP contribution in [0.25, 0.3) is 0 Å². The lowest BCUT2D eigenvalue weighted by Gasteiger charge is -2.63. The normalized spacial score (nSPS) is 44.8. The fraction of sp³-hybridized carbons (Fsp3) is 0.714. The number of halogens is 1. The second-order valence-electron chi connectivity index (χ2n) is 3.58. The predicted octanol–water partition coefficient (Wildman–Crippen LogP) is 0.758. The zero-order valence-corrected chi connectivity index (χ0v) is 5.93. The molecule has 3 nitrogen and oxygen atoms in total. The first-order valence-corrected chi connectivity index (χ1v) is 3.53. The third-order valence-corrected chi connectivity index (χ3v) is 2.67. The second kappa shape index (κ2) is 1.59. The minimum atomic E-state index is -1.04. The molecule has 3 aliphatic carbocycles. The molecule has 0 radical (unpaired) electrons. The van der Waals surface area contributed by atoms with E-state index in [2.05, 4.69) is 4.79 Å². The Labute approximate surface area is 62.8 Å². The molecule has 1 N–H and O–H groups in total. The van der Waals surface area contributed by atoms with Crippen molar-refractivity contribution < 1.29 is 14.0 Å². The summed E-state index contributed by atoms with van der Waals surface area (Å²) in [5.41, 5.74) is 4.95. The zero-order valence-electron chi connectivity index (χ0n) is 5.93. The Balaban J connectivity index is 2.10. The summed E-state index contributed by atoms with van der Waals surface area (Å²) in [7, 11) is 0. The number of carbonyl (C=O) groups excluding carboxylic acids is 1. The molecule has 0 aromatic heterocycles. The molecule has 0 aromatic rings. The fourth-order valence-corrected chi connectivity index (χ4v) is 2.12. The van der Waals surface area contributed by atoms with Crippen LogP contribution in [0.1, 0.15) is 19.3 Å². The van der Waals surface area contributed by atoms with Gasteiger partial charge in [0.15, 0.2) is 0 Å². The maximum Gasteiger partial charge on any atom is 0.373 e. The molecule has 3 aliphatic rings. The lowest BCUT2D eigenvalue weighted by atomic mass is 9.41. The van der Waals surface area contributed by atoms with Gasteiger partial charge in [0.25, 0.3) is 0 Å². The van der Waals surface area contributed by atoms with Gasteiger partial charge in [-0.05, 0) is 19.3 Å². The van der Waals surface area contributed by atoms with Gasteiger partial charge in [-0.1, -0.05) is 0 Å². The smallest absolute Gasteiger partial charge is 0.286 e. The van der Waals surface area contributed by atoms with Crippen molar-refractivity contribution in [2.24, 2.45) is 5.41 Å². The Hall–Kier alpha value is -1.02. The molecule has 2 bridgehead atoms. The Morgan fingerprint density at radius 2 is 2.09 bits per heavy atom. The molecule has 0 heterocycles. The van der Waals surface area contributed by atoms with Crippen molar-refractivity contribution in [3.05, 3.63) is 0 Å². The van der Waals surface area contributed by atoms with E-state index in [1.54, 1.807) is 0 Å². The molecule has 3 rings (SSSR count). The van der Waals surface area contributed by atoms with Crippen LogP contribution in [0.2, 0.25) is 0 Å².